The summed E-state index contributed by atoms with van der Waals surface area (Å²) in [6.07, 6.45) is 3.33. The molecule has 0 aliphatic rings. The maximum Gasteiger partial charge on any atom is 0.269 e. The fourth-order valence-electron chi connectivity index (χ4n) is 2.04. The molecular formula is C15H17N5O3. The summed E-state index contributed by atoms with van der Waals surface area (Å²) < 4.78 is 1.83. The van der Waals surface area contributed by atoms with Crippen molar-refractivity contribution in [2.75, 3.05) is 0 Å². The predicted octanol–water partition coefficient (Wildman–Crippen LogP) is 1.81. The molecule has 8 heteroatoms. The molecule has 0 atom stereocenters. The second-order valence-electron chi connectivity index (χ2n) is 4.89. The number of carbonyl (C=O) groups excluding carboxylic acids is 1. The van der Waals surface area contributed by atoms with Crippen molar-refractivity contribution in [3.63, 3.8) is 0 Å². The van der Waals surface area contributed by atoms with Crippen LogP contribution in [0, 0.1) is 17.0 Å². The number of benzene rings is 1. The van der Waals surface area contributed by atoms with Gasteiger partial charge in [0.05, 0.1) is 23.8 Å². The maximum absolute atomic E-state index is 11.8. The molecule has 1 aromatic heterocycles. The Morgan fingerprint density at radius 2 is 2.13 bits per heavy atom. The van der Waals surface area contributed by atoms with E-state index in [-0.39, 0.29) is 18.0 Å². The molecule has 0 unspecified atom stereocenters. The van der Waals surface area contributed by atoms with E-state index in [1.165, 1.54) is 12.1 Å². The van der Waals surface area contributed by atoms with Crippen LogP contribution in [0.1, 0.15) is 23.7 Å². The highest BCUT2D eigenvalue weighted by molar-refractivity contribution is 5.83. The molecular weight excluding hydrogens is 298 g/mol. The molecule has 0 bridgehead atoms. The van der Waals surface area contributed by atoms with Crippen molar-refractivity contribution >= 4 is 17.8 Å². The first-order valence-corrected chi connectivity index (χ1v) is 7.09. The van der Waals surface area contributed by atoms with Crippen molar-refractivity contribution in [1.82, 2.24) is 15.2 Å². The van der Waals surface area contributed by atoms with Crippen LogP contribution in [0.4, 0.5) is 5.69 Å². The normalized spacial score (nSPS) is 10.9. The average Bonchev–Trinajstić information content (AvgIpc) is 2.88. The van der Waals surface area contributed by atoms with Crippen LogP contribution >= 0.6 is 0 Å². The van der Waals surface area contributed by atoms with E-state index in [0.717, 1.165) is 17.8 Å². The molecule has 0 saturated carbocycles. The van der Waals surface area contributed by atoms with Gasteiger partial charge in [0.1, 0.15) is 0 Å². The van der Waals surface area contributed by atoms with Crippen LogP contribution in [-0.2, 0) is 17.8 Å². The van der Waals surface area contributed by atoms with E-state index >= 15 is 0 Å². The van der Waals surface area contributed by atoms with Gasteiger partial charge in [0.25, 0.3) is 5.69 Å². The molecule has 120 valence electrons. The lowest BCUT2D eigenvalue weighted by molar-refractivity contribution is -0.384. The van der Waals surface area contributed by atoms with Gasteiger partial charge in [0.15, 0.2) is 0 Å². The molecule has 0 saturated heterocycles. The van der Waals surface area contributed by atoms with Crippen molar-refractivity contribution in [2.45, 2.75) is 26.8 Å². The van der Waals surface area contributed by atoms with Gasteiger partial charge in [-0.3, -0.25) is 19.6 Å². The number of non-ortho nitro benzene ring substituents is 1. The number of aromatic nitrogens is 2. The molecule has 0 aliphatic carbocycles. The summed E-state index contributed by atoms with van der Waals surface area (Å²) >= 11 is 0. The number of nitro groups is 1. The second-order valence-corrected chi connectivity index (χ2v) is 4.89. The number of hydrogen-bond donors (Lipinski definition) is 1. The number of carbonyl (C=O) groups is 1. The zero-order valence-electron chi connectivity index (χ0n) is 12.9. The summed E-state index contributed by atoms with van der Waals surface area (Å²) in [5, 5.41) is 18.6. The summed E-state index contributed by atoms with van der Waals surface area (Å²) in [7, 11) is 0. The number of hydrazone groups is 1. The van der Waals surface area contributed by atoms with Gasteiger partial charge in [-0.05, 0) is 19.4 Å². The van der Waals surface area contributed by atoms with Crippen molar-refractivity contribution in [3.8, 4) is 0 Å². The first-order chi connectivity index (χ1) is 11.0. The molecule has 1 N–H and O–H groups in total. The van der Waals surface area contributed by atoms with Gasteiger partial charge < -0.3 is 0 Å². The van der Waals surface area contributed by atoms with Gasteiger partial charge in [0.2, 0.25) is 5.91 Å². The number of amides is 1. The Labute approximate surface area is 133 Å². The van der Waals surface area contributed by atoms with Crippen LogP contribution in [0.15, 0.2) is 35.6 Å². The highest BCUT2D eigenvalue weighted by Gasteiger charge is 2.07. The molecule has 0 aliphatic heterocycles. The van der Waals surface area contributed by atoms with E-state index in [1.807, 2.05) is 18.5 Å². The Morgan fingerprint density at radius 3 is 2.70 bits per heavy atom. The number of nitro benzene ring substituents is 1. The van der Waals surface area contributed by atoms with Crippen LogP contribution in [0.3, 0.4) is 0 Å². The number of nitrogens with one attached hydrogen (secondary N) is 1. The van der Waals surface area contributed by atoms with Crippen LogP contribution < -0.4 is 5.43 Å². The Balaban J connectivity index is 1.90. The van der Waals surface area contributed by atoms with Crippen LogP contribution in [0.5, 0.6) is 0 Å². The Hall–Kier alpha value is -3.03. The minimum absolute atomic E-state index is 0.00408. The molecule has 0 fully saturated rings. The third-order valence-corrected chi connectivity index (χ3v) is 3.35. The van der Waals surface area contributed by atoms with Gasteiger partial charge in [0, 0.05) is 29.9 Å². The first kappa shape index (κ1) is 16.3. The molecule has 0 spiro atoms. The third kappa shape index (κ3) is 4.22. The quantitative estimate of drug-likeness (QED) is 0.499. The van der Waals surface area contributed by atoms with Gasteiger partial charge >= 0.3 is 0 Å². The number of hydrogen-bond acceptors (Lipinski definition) is 5. The molecule has 8 nitrogen and oxygen atoms in total. The van der Waals surface area contributed by atoms with Gasteiger partial charge in [-0.15, -0.1) is 0 Å². The zero-order chi connectivity index (χ0) is 16.8. The monoisotopic (exact) mass is 315 g/mol. The largest absolute Gasteiger partial charge is 0.273 e. The SMILES string of the molecule is CCn1ncc(/C=N/NC(=O)Cc2ccc([N+](=O)[O-])cc2)c1C. The van der Waals surface area contributed by atoms with Crippen molar-refractivity contribution in [1.29, 1.82) is 0 Å². The first-order valence-electron chi connectivity index (χ1n) is 7.09. The average molecular weight is 315 g/mol. The van der Waals surface area contributed by atoms with Gasteiger partial charge in [-0.2, -0.15) is 10.2 Å². The fraction of sp³-hybridized carbons (Fsp3) is 0.267. The van der Waals surface area contributed by atoms with Gasteiger partial charge in [-0.1, -0.05) is 12.1 Å². The van der Waals surface area contributed by atoms with Crippen LogP contribution in [0.2, 0.25) is 0 Å². The molecule has 1 amide bonds. The van der Waals surface area contributed by atoms with E-state index in [1.54, 1.807) is 24.5 Å². The van der Waals surface area contributed by atoms with Crippen molar-refractivity contribution < 1.29 is 9.72 Å². The van der Waals surface area contributed by atoms with Gasteiger partial charge in [-0.25, -0.2) is 5.43 Å². The van der Waals surface area contributed by atoms with Crippen LogP contribution in [-0.4, -0.2) is 26.8 Å². The Kier molecular flexibility index (Phi) is 5.19. The Morgan fingerprint density at radius 1 is 1.43 bits per heavy atom. The smallest absolute Gasteiger partial charge is 0.269 e. The van der Waals surface area contributed by atoms with Crippen molar-refractivity contribution in [3.05, 3.63) is 57.4 Å². The topological polar surface area (TPSA) is 102 Å². The Bertz CT molecular complexity index is 734. The van der Waals surface area contributed by atoms with E-state index in [2.05, 4.69) is 15.6 Å². The minimum atomic E-state index is -0.479. The highest BCUT2D eigenvalue weighted by atomic mass is 16.6. The minimum Gasteiger partial charge on any atom is -0.273 e. The lowest BCUT2D eigenvalue weighted by Crippen LogP contribution is -2.19. The highest BCUT2D eigenvalue weighted by Crippen LogP contribution is 2.12. The lowest BCUT2D eigenvalue weighted by Gasteiger charge is -2.01. The van der Waals surface area contributed by atoms with E-state index < -0.39 is 4.92 Å². The number of aryl methyl sites for hydroxylation is 1. The molecule has 23 heavy (non-hydrogen) atoms. The standard InChI is InChI=1S/C15H17N5O3/c1-3-19-11(2)13(10-17-19)9-16-18-15(21)8-12-4-6-14(7-5-12)20(22)23/h4-7,9-10H,3,8H2,1-2H3,(H,18,21)/b16-9+. The second kappa shape index (κ2) is 7.30. The summed E-state index contributed by atoms with van der Waals surface area (Å²) in [4.78, 5) is 21.9. The predicted molar refractivity (Wildman–Crippen MR) is 85.2 cm³/mol. The zero-order valence-corrected chi connectivity index (χ0v) is 12.9. The van der Waals surface area contributed by atoms with E-state index in [4.69, 9.17) is 0 Å². The van der Waals surface area contributed by atoms with Crippen molar-refractivity contribution in [2.24, 2.45) is 5.10 Å². The number of rotatable bonds is 6. The lowest BCUT2D eigenvalue weighted by atomic mass is 10.1. The van der Waals surface area contributed by atoms with E-state index in [9.17, 15) is 14.9 Å². The summed E-state index contributed by atoms with van der Waals surface area (Å²) in [5.41, 5.74) is 4.91. The maximum atomic E-state index is 11.8. The molecule has 2 aromatic rings. The molecule has 1 aromatic carbocycles. The number of nitrogens with zero attached hydrogens (tertiary/aromatic N) is 4. The summed E-state index contributed by atoms with van der Waals surface area (Å²) in [6, 6.07) is 5.84. The molecule has 1 heterocycles. The fourth-order valence-corrected chi connectivity index (χ4v) is 2.04. The summed E-state index contributed by atoms with van der Waals surface area (Å²) in [5.74, 6) is -0.296. The molecule has 2 rings (SSSR count). The third-order valence-electron chi connectivity index (χ3n) is 3.35. The van der Waals surface area contributed by atoms with Crippen LogP contribution in [0.25, 0.3) is 0 Å². The molecule has 0 radical (unpaired) electrons. The summed E-state index contributed by atoms with van der Waals surface area (Å²) in [6.45, 7) is 4.69. The van der Waals surface area contributed by atoms with E-state index in [0.29, 0.717) is 5.56 Å².